The van der Waals surface area contributed by atoms with E-state index in [1.54, 1.807) is 31.0 Å². The molecular weight excluding hydrogens is 202 g/mol. The van der Waals surface area contributed by atoms with E-state index in [4.69, 9.17) is 5.73 Å². The summed E-state index contributed by atoms with van der Waals surface area (Å²) < 4.78 is 0. The van der Waals surface area contributed by atoms with E-state index >= 15 is 0 Å². The highest BCUT2D eigenvalue weighted by molar-refractivity contribution is 5.75. The minimum Gasteiger partial charge on any atom is -0.384 e. The van der Waals surface area contributed by atoms with Gasteiger partial charge in [-0.25, -0.2) is 15.0 Å². The van der Waals surface area contributed by atoms with E-state index < -0.39 is 0 Å². The molecule has 0 radical (unpaired) electrons. The van der Waals surface area contributed by atoms with Gasteiger partial charge >= 0.3 is 0 Å². The summed E-state index contributed by atoms with van der Waals surface area (Å²) >= 11 is 0. The molecule has 0 aromatic carbocycles. The molecule has 0 aliphatic heterocycles. The lowest BCUT2D eigenvalue weighted by molar-refractivity contribution is 1.29. The molecule has 5 heteroatoms. The Morgan fingerprint density at radius 3 is 2.75 bits per heavy atom. The molecule has 0 saturated carbocycles. The van der Waals surface area contributed by atoms with Gasteiger partial charge in [0.05, 0.1) is 6.33 Å². The SMILES string of the molecule is Nc1ccc2cccnc2n1.c1c[nH]cn1. The predicted molar refractivity (Wildman–Crippen MR) is 62.5 cm³/mol. The van der Waals surface area contributed by atoms with Crippen LogP contribution in [0.3, 0.4) is 0 Å². The van der Waals surface area contributed by atoms with Crippen molar-refractivity contribution >= 4 is 16.9 Å². The third-order valence-corrected chi connectivity index (χ3v) is 1.89. The molecule has 3 aromatic heterocycles. The zero-order valence-electron chi connectivity index (χ0n) is 8.54. The van der Waals surface area contributed by atoms with Crippen molar-refractivity contribution in [3.05, 3.63) is 49.2 Å². The largest absolute Gasteiger partial charge is 0.384 e. The second-order valence-corrected chi connectivity index (χ2v) is 3.05. The highest BCUT2D eigenvalue weighted by Crippen LogP contribution is 2.09. The maximum absolute atomic E-state index is 5.47. The lowest BCUT2D eigenvalue weighted by Crippen LogP contribution is -1.90. The van der Waals surface area contributed by atoms with Crippen molar-refractivity contribution in [2.75, 3.05) is 5.73 Å². The van der Waals surface area contributed by atoms with E-state index in [9.17, 15) is 0 Å². The predicted octanol–water partition coefficient (Wildman–Crippen LogP) is 1.62. The van der Waals surface area contributed by atoms with Gasteiger partial charge in [-0.05, 0) is 24.3 Å². The summed E-state index contributed by atoms with van der Waals surface area (Å²) in [6.07, 6.45) is 6.79. The summed E-state index contributed by atoms with van der Waals surface area (Å²) in [5.74, 6) is 0.510. The third-order valence-electron chi connectivity index (χ3n) is 1.89. The number of aromatic nitrogens is 4. The van der Waals surface area contributed by atoms with Gasteiger partial charge in [0.25, 0.3) is 0 Å². The Bertz CT molecular complexity index is 530. The molecule has 0 amide bonds. The van der Waals surface area contributed by atoms with Gasteiger partial charge in [0.1, 0.15) is 5.82 Å². The standard InChI is InChI=1S/C8H7N3.C3H4N2/c9-7-4-3-6-2-1-5-10-8(6)11-7;1-2-5-3-4-1/h1-5H,(H2,9,10,11);1-3H,(H,4,5). The van der Waals surface area contributed by atoms with Gasteiger partial charge in [-0.1, -0.05) is 0 Å². The Balaban J connectivity index is 0.000000162. The summed E-state index contributed by atoms with van der Waals surface area (Å²) in [4.78, 5) is 14.5. The number of nitrogens with one attached hydrogen (secondary N) is 1. The van der Waals surface area contributed by atoms with Crippen molar-refractivity contribution in [1.29, 1.82) is 0 Å². The summed E-state index contributed by atoms with van der Waals surface area (Å²) in [5.41, 5.74) is 6.17. The van der Waals surface area contributed by atoms with E-state index in [1.165, 1.54) is 0 Å². The number of fused-ring (bicyclic) bond motifs is 1. The van der Waals surface area contributed by atoms with Crippen LogP contribution in [0.2, 0.25) is 0 Å². The summed E-state index contributed by atoms with van der Waals surface area (Å²) in [6, 6.07) is 7.50. The van der Waals surface area contributed by atoms with Crippen LogP contribution in [0, 0.1) is 0 Å². The number of nitrogen functional groups attached to an aromatic ring is 1. The van der Waals surface area contributed by atoms with Crippen LogP contribution in [0.5, 0.6) is 0 Å². The van der Waals surface area contributed by atoms with Crippen LogP contribution >= 0.6 is 0 Å². The number of aromatic amines is 1. The number of pyridine rings is 2. The molecule has 0 aliphatic rings. The number of H-pyrrole nitrogens is 1. The summed E-state index contributed by atoms with van der Waals surface area (Å²) in [5, 5.41) is 1.02. The molecule has 0 spiro atoms. The van der Waals surface area contributed by atoms with Crippen molar-refractivity contribution in [1.82, 2.24) is 19.9 Å². The highest BCUT2D eigenvalue weighted by atomic mass is 14.9. The molecule has 5 nitrogen and oxygen atoms in total. The molecule has 80 valence electrons. The van der Waals surface area contributed by atoms with Gasteiger partial charge < -0.3 is 10.7 Å². The van der Waals surface area contributed by atoms with Crippen LogP contribution in [0.4, 0.5) is 5.82 Å². The van der Waals surface area contributed by atoms with Crippen molar-refractivity contribution in [3.8, 4) is 0 Å². The van der Waals surface area contributed by atoms with Gasteiger partial charge in [-0.2, -0.15) is 0 Å². The van der Waals surface area contributed by atoms with Gasteiger partial charge in [-0.15, -0.1) is 0 Å². The Kier molecular flexibility index (Phi) is 3.08. The number of imidazole rings is 1. The Morgan fingerprint density at radius 2 is 2.06 bits per heavy atom. The van der Waals surface area contributed by atoms with Gasteiger partial charge in [0.2, 0.25) is 0 Å². The molecule has 0 atom stereocenters. The van der Waals surface area contributed by atoms with E-state index in [0.717, 1.165) is 5.39 Å². The smallest absolute Gasteiger partial charge is 0.161 e. The first-order valence-electron chi connectivity index (χ1n) is 4.76. The zero-order valence-corrected chi connectivity index (χ0v) is 8.54. The summed E-state index contributed by atoms with van der Waals surface area (Å²) in [7, 11) is 0. The highest BCUT2D eigenvalue weighted by Gasteiger charge is 1.92. The number of nitrogens with two attached hydrogens (primary N) is 1. The van der Waals surface area contributed by atoms with Crippen LogP contribution in [0.15, 0.2) is 49.2 Å². The van der Waals surface area contributed by atoms with Crippen LogP contribution < -0.4 is 5.73 Å². The van der Waals surface area contributed by atoms with Crippen LogP contribution in [-0.2, 0) is 0 Å². The monoisotopic (exact) mass is 213 g/mol. The normalized spacial score (nSPS) is 9.50. The van der Waals surface area contributed by atoms with Crippen molar-refractivity contribution in [3.63, 3.8) is 0 Å². The lowest BCUT2D eigenvalue weighted by Gasteiger charge is -1.94. The number of hydrogen-bond acceptors (Lipinski definition) is 4. The minimum atomic E-state index is 0.510. The first kappa shape index (κ1) is 10.1. The van der Waals surface area contributed by atoms with Crippen LogP contribution in [0.25, 0.3) is 11.0 Å². The number of rotatable bonds is 0. The second-order valence-electron chi connectivity index (χ2n) is 3.05. The molecule has 0 unspecified atom stereocenters. The van der Waals surface area contributed by atoms with Crippen LogP contribution in [0.1, 0.15) is 0 Å². The number of hydrogen-bond donors (Lipinski definition) is 2. The fourth-order valence-corrected chi connectivity index (χ4v) is 1.18. The molecule has 3 heterocycles. The molecule has 0 aliphatic carbocycles. The van der Waals surface area contributed by atoms with E-state index in [2.05, 4.69) is 19.9 Å². The lowest BCUT2D eigenvalue weighted by atomic mass is 10.3. The quantitative estimate of drug-likeness (QED) is 0.594. The Morgan fingerprint density at radius 1 is 1.12 bits per heavy atom. The number of anilines is 1. The fraction of sp³-hybridized carbons (Fsp3) is 0. The molecule has 0 fully saturated rings. The third kappa shape index (κ3) is 2.54. The molecule has 3 rings (SSSR count). The maximum atomic E-state index is 5.47. The van der Waals surface area contributed by atoms with E-state index in [1.807, 2.05) is 18.2 Å². The van der Waals surface area contributed by atoms with Gasteiger partial charge in [0, 0.05) is 24.0 Å². The van der Waals surface area contributed by atoms with E-state index in [-0.39, 0.29) is 0 Å². The Labute approximate surface area is 92.4 Å². The van der Waals surface area contributed by atoms with Crippen molar-refractivity contribution in [2.24, 2.45) is 0 Å². The molecule has 3 aromatic rings. The molecule has 16 heavy (non-hydrogen) atoms. The fourth-order valence-electron chi connectivity index (χ4n) is 1.18. The van der Waals surface area contributed by atoms with E-state index in [0.29, 0.717) is 11.5 Å². The van der Waals surface area contributed by atoms with Crippen molar-refractivity contribution < 1.29 is 0 Å². The second kappa shape index (κ2) is 4.88. The summed E-state index contributed by atoms with van der Waals surface area (Å²) in [6.45, 7) is 0. The maximum Gasteiger partial charge on any atom is 0.161 e. The molecular formula is C11H11N5. The van der Waals surface area contributed by atoms with Gasteiger partial charge in [0.15, 0.2) is 5.65 Å². The topological polar surface area (TPSA) is 80.5 Å². The minimum absolute atomic E-state index is 0.510. The average molecular weight is 213 g/mol. The van der Waals surface area contributed by atoms with Crippen molar-refractivity contribution in [2.45, 2.75) is 0 Å². The van der Waals surface area contributed by atoms with Crippen LogP contribution in [-0.4, -0.2) is 19.9 Å². The molecule has 0 saturated heterocycles. The number of nitrogens with zero attached hydrogens (tertiary/aromatic N) is 3. The first-order valence-corrected chi connectivity index (χ1v) is 4.76. The van der Waals surface area contributed by atoms with Gasteiger partial charge in [-0.3, -0.25) is 0 Å². The molecule has 0 bridgehead atoms. The Hall–Kier alpha value is -2.43. The zero-order chi connectivity index (χ0) is 11.2. The molecule has 3 N–H and O–H groups in total. The first-order chi connectivity index (χ1) is 7.86. The average Bonchev–Trinajstić information content (AvgIpc) is 2.87.